The number of aryl methyl sites for hydroxylation is 1. The van der Waals surface area contributed by atoms with Crippen LogP contribution in [0.3, 0.4) is 0 Å². The summed E-state index contributed by atoms with van der Waals surface area (Å²) in [5.74, 6) is 0.00375. The van der Waals surface area contributed by atoms with E-state index < -0.39 is 10.0 Å². The molecule has 1 fully saturated rings. The number of anilines is 1. The van der Waals surface area contributed by atoms with Gasteiger partial charge < -0.3 is 10.1 Å². The highest BCUT2D eigenvalue weighted by Crippen LogP contribution is 2.38. The van der Waals surface area contributed by atoms with Gasteiger partial charge in [0.25, 0.3) is 0 Å². The van der Waals surface area contributed by atoms with E-state index in [1.165, 1.54) is 26.6 Å². The van der Waals surface area contributed by atoms with E-state index in [1.54, 1.807) is 25.1 Å². The number of thiophene rings is 1. The SMILES string of the molecule is CCOC(=O)c1c(NCC(=O)c2cccc(S(=O)(=O)N3CC(C)CC(C)C3)c2)sc2c1CCCC2. The Morgan fingerprint density at radius 3 is 2.57 bits per heavy atom. The minimum Gasteiger partial charge on any atom is -0.462 e. The van der Waals surface area contributed by atoms with E-state index in [9.17, 15) is 18.0 Å². The number of nitrogens with zero attached hydrogens (tertiary/aromatic N) is 1. The predicted octanol–water partition coefficient (Wildman–Crippen LogP) is 4.77. The third-order valence-electron chi connectivity index (χ3n) is 6.69. The summed E-state index contributed by atoms with van der Waals surface area (Å²) in [6.45, 7) is 7.15. The van der Waals surface area contributed by atoms with Crippen molar-refractivity contribution in [1.29, 1.82) is 0 Å². The van der Waals surface area contributed by atoms with Crippen molar-refractivity contribution in [1.82, 2.24) is 4.31 Å². The average molecular weight is 519 g/mol. The number of nitrogens with one attached hydrogen (secondary N) is 1. The number of carbonyl (C=O) groups is 2. The van der Waals surface area contributed by atoms with Gasteiger partial charge in [0.2, 0.25) is 10.0 Å². The molecular weight excluding hydrogens is 484 g/mol. The van der Waals surface area contributed by atoms with Crippen molar-refractivity contribution in [3.63, 3.8) is 0 Å². The number of piperidine rings is 1. The Kier molecular flexibility index (Phi) is 7.98. The van der Waals surface area contributed by atoms with Crippen LogP contribution >= 0.6 is 11.3 Å². The van der Waals surface area contributed by atoms with Crippen molar-refractivity contribution >= 4 is 38.1 Å². The summed E-state index contributed by atoms with van der Waals surface area (Å²) in [7, 11) is -3.68. The van der Waals surface area contributed by atoms with Crippen LogP contribution in [0.15, 0.2) is 29.2 Å². The fourth-order valence-corrected chi connectivity index (χ4v) is 8.15. The molecule has 1 N–H and O–H groups in total. The number of rotatable bonds is 8. The second kappa shape index (κ2) is 10.8. The summed E-state index contributed by atoms with van der Waals surface area (Å²) in [4.78, 5) is 27.0. The monoisotopic (exact) mass is 518 g/mol. The van der Waals surface area contributed by atoms with Crippen molar-refractivity contribution in [3.8, 4) is 0 Å². The standard InChI is InChI=1S/C26H34N2O5S2/c1-4-33-26(30)24-21-10-5-6-11-23(21)34-25(24)27-14-22(29)19-8-7-9-20(13-19)35(31,32)28-15-17(2)12-18(3)16-28/h7-9,13,17-18,27H,4-6,10-12,14-16H2,1-3H3. The molecule has 4 rings (SSSR count). The molecule has 0 spiro atoms. The molecule has 190 valence electrons. The summed E-state index contributed by atoms with van der Waals surface area (Å²) >= 11 is 1.51. The Morgan fingerprint density at radius 2 is 1.86 bits per heavy atom. The number of esters is 1. The van der Waals surface area contributed by atoms with Crippen molar-refractivity contribution in [2.75, 3.05) is 31.6 Å². The number of ether oxygens (including phenoxy) is 1. The van der Waals surface area contributed by atoms with E-state index in [0.717, 1.165) is 37.7 Å². The molecule has 2 aliphatic rings. The lowest BCUT2D eigenvalue weighted by atomic mass is 9.94. The van der Waals surface area contributed by atoms with E-state index in [0.29, 0.717) is 41.1 Å². The van der Waals surface area contributed by atoms with Crippen LogP contribution in [0.1, 0.15) is 71.2 Å². The molecule has 0 bridgehead atoms. The van der Waals surface area contributed by atoms with Gasteiger partial charge in [-0.2, -0.15) is 4.31 Å². The number of fused-ring (bicyclic) bond motifs is 1. The number of hydrogen-bond donors (Lipinski definition) is 1. The van der Waals surface area contributed by atoms with Crippen LogP contribution < -0.4 is 5.32 Å². The highest BCUT2D eigenvalue weighted by Gasteiger charge is 2.32. The van der Waals surface area contributed by atoms with E-state index in [4.69, 9.17) is 4.74 Å². The second-order valence-corrected chi connectivity index (χ2v) is 12.8. The quantitative estimate of drug-likeness (QED) is 0.400. The number of Topliss-reactive ketones (excluding diaryl/α,β-unsaturated/α-hetero) is 1. The normalized spacial score (nSPS) is 20.8. The topological polar surface area (TPSA) is 92.8 Å². The zero-order valence-electron chi connectivity index (χ0n) is 20.6. The van der Waals surface area contributed by atoms with Crippen LogP contribution in [-0.4, -0.2) is 50.7 Å². The van der Waals surface area contributed by atoms with Gasteiger partial charge in [0.15, 0.2) is 5.78 Å². The molecule has 0 radical (unpaired) electrons. The molecule has 1 aliphatic carbocycles. The number of ketones is 1. The van der Waals surface area contributed by atoms with Gasteiger partial charge in [-0.3, -0.25) is 4.79 Å². The molecule has 2 aromatic rings. The molecule has 1 saturated heterocycles. The highest BCUT2D eigenvalue weighted by molar-refractivity contribution is 7.89. The first-order chi connectivity index (χ1) is 16.7. The van der Waals surface area contributed by atoms with E-state index in [1.807, 2.05) is 0 Å². The van der Waals surface area contributed by atoms with Gasteiger partial charge in [0.1, 0.15) is 5.00 Å². The van der Waals surface area contributed by atoms with Gasteiger partial charge in [-0.1, -0.05) is 26.0 Å². The minimum absolute atomic E-state index is 0.0346. The summed E-state index contributed by atoms with van der Waals surface area (Å²) in [6, 6.07) is 6.27. The Balaban J connectivity index is 1.52. The minimum atomic E-state index is -3.68. The average Bonchev–Trinajstić information content (AvgIpc) is 3.20. The molecular formula is C26H34N2O5S2. The fourth-order valence-electron chi connectivity index (χ4n) is 5.15. The lowest BCUT2D eigenvalue weighted by Gasteiger charge is -2.34. The van der Waals surface area contributed by atoms with Crippen molar-refractivity contribution in [3.05, 3.63) is 45.8 Å². The lowest BCUT2D eigenvalue weighted by molar-refractivity contribution is 0.0526. The molecule has 0 saturated carbocycles. The number of hydrogen-bond acceptors (Lipinski definition) is 7. The largest absolute Gasteiger partial charge is 0.462 e. The van der Waals surface area contributed by atoms with Gasteiger partial charge in [0.05, 0.1) is 23.6 Å². The Hall–Kier alpha value is -2.23. The van der Waals surface area contributed by atoms with Crippen LogP contribution in [0, 0.1) is 11.8 Å². The molecule has 9 heteroatoms. The van der Waals surface area contributed by atoms with Gasteiger partial charge in [-0.15, -0.1) is 11.3 Å². The molecule has 35 heavy (non-hydrogen) atoms. The summed E-state index contributed by atoms with van der Waals surface area (Å²) < 4.78 is 33.4. The fraction of sp³-hybridized carbons (Fsp3) is 0.538. The molecule has 2 unspecified atom stereocenters. The number of carbonyl (C=O) groups excluding carboxylic acids is 2. The van der Waals surface area contributed by atoms with Crippen LogP contribution in [0.5, 0.6) is 0 Å². The van der Waals surface area contributed by atoms with Crippen LogP contribution in [0.4, 0.5) is 5.00 Å². The van der Waals surface area contributed by atoms with E-state index in [2.05, 4.69) is 19.2 Å². The Morgan fingerprint density at radius 1 is 1.14 bits per heavy atom. The molecule has 2 heterocycles. The van der Waals surface area contributed by atoms with Crippen LogP contribution in [-0.2, 0) is 27.6 Å². The smallest absolute Gasteiger partial charge is 0.341 e. The van der Waals surface area contributed by atoms with Crippen molar-refractivity contribution in [2.24, 2.45) is 11.8 Å². The maximum absolute atomic E-state index is 13.3. The van der Waals surface area contributed by atoms with Crippen LogP contribution in [0.2, 0.25) is 0 Å². The number of benzene rings is 1. The summed E-state index contributed by atoms with van der Waals surface area (Å²) in [5.41, 5.74) is 1.91. The molecule has 7 nitrogen and oxygen atoms in total. The van der Waals surface area contributed by atoms with Gasteiger partial charge in [0, 0.05) is 23.5 Å². The van der Waals surface area contributed by atoms with Crippen LogP contribution in [0.25, 0.3) is 0 Å². The number of sulfonamides is 1. The Labute approximate surface area is 211 Å². The molecule has 0 amide bonds. The van der Waals surface area contributed by atoms with Gasteiger partial charge >= 0.3 is 5.97 Å². The third-order valence-corrected chi connectivity index (χ3v) is 9.77. The molecule has 1 aromatic carbocycles. The molecule has 2 atom stereocenters. The first kappa shape index (κ1) is 25.9. The first-order valence-electron chi connectivity index (χ1n) is 12.4. The summed E-state index contributed by atoms with van der Waals surface area (Å²) in [5, 5.41) is 3.81. The molecule has 1 aliphatic heterocycles. The highest BCUT2D eigenvalue weighted by atomic mass is 32.2. The zero-order valence-corrected chi connectivity index (χ0v) is 22.3. The van der Waals surface area contributed by atoms with Crippen molar-refractivity contribution < 1.29 is 22.7 Å². The lowest BCUT2D eigenvalue weighted by Crippen LogP contribution is -2.42. The van der Waals surface area contributed by atoms with Gasteiger partial charge in [-0.25, -0.2) is 13.2 Å². The van der Waals surface area contributed by atoms with Crippen molar-refractivity contribution in [2.45, 2.75) is 57.8 Å². The third kappa shape index (κ3) is 5.62. The summed E-state index contributed by atoms with van der Waals surface area (Å²) in [6.07, 6.45) is 4.89. The zero-order chi connectivity index (χ0) is 25.2. The second-order valence-electron chi connectivity index (χ2n) is 9.71. The predicted molar refractivity (Wildman–Crippen MR) is 138 cm³/mol. The maximum atomic E-state index is 13.3. The maximum Gasteiger partial charge on any atom is 0.341 e. The van der Waals surface area contributed by atoms with E-state index in [-0.39, 0.29) is 29.8 Å². The first-order valence-corrected chi connectivity index (χ1v) is 14.6. The molecule has 1 aromatic heterocycles. The van der Waals surface area contributed by atoms with E-state index >= 15 is 0 Å². The van der Waals surface area contributed by atoms with Gasteiger partial charge in [-0.05, 0) is 68.6 Å². The Bertz CT molecular complexity index is 1190.